The largest absolute Gasteiger partial charge is 0.462 e. The molecule has 0 aliphatic rings. The summed E-state index contributed by atoms with van der Waals surface area (Å²) in [6.45, 7) is 6.60. The molecule has 0 N–H and O–H groups in total. The highest BCUT2D eigenvalue weighted by molar-refractivity contribution is 5.71. The minimum absolute atomic E-state index is 0.0648. The Hall–Kier alpha value is -1.85. The fourth-order valence-corrected chi connectivity index (χ4v) is 8.85. The summed E-state index contributed by atoms with van der Waals surface area (Å²) in [5, 5.41) is 0. The first kappa shape index (κ1) is 63.1. The van der Waals surface area contributed by atoms with Crippen LogP contribution >= 0.6 is 0 Å². The van der Waals surface area contributed by atoms with Crippen LogP contribution in [0.5, 0.6) is 0 Å². The van der Waals surface area contributed by atoms with Gasteiger partial charge in [-0.05, 0) is 44.9 Å². The number of carbonyl (C=O) groups excluding carboxylic acids is 3. The molecule has 0 aromatic heterocycles. The van der Waals surface area contributed by atoms with E-state index in [9.17, 15) is 14.4 Å². The second kappa shape index (κ2) is 54.8. The molecule has 0 saturated heterocycles. The zero-order chi connectivity index (χ0) is 47.2. The van der Waals surface area contributed by atoms with Gasteiger partial charge in [0.05, 0.1) is 0 Å². The van der Waals surface area contributed by atoms with Crippen molar-refractivity contribution in [1.82, 2.24) is 0 Å². The lowest BCUT2D eigenvalue weighted by Crippen LogP contribution is -2.30. The van der Waals surface area contributed by atoms with E-state index in [1.54, 1.807) is 0 Å². The molecule has 1 unspecified atom stereocenters. The molecule has 0 aliphatic carbocycles. The molecule has 0 aromatic rings. The van der Waals surface area contributed by atoms with Crippen LogP contribution in [0.1, 0.15) is 329 Å². The van der Waals surface area contributed by atoms with Crippen molar-refractivity contribution in [3.8, 4) is 0 Å². The second-order valence-electron chi connectivity index (χ2n) is 19.9. The number of unbranched alkanes of at least 4 members (excludes halogenated alkanes) is 41. The predicted molar refractivity (Wildman–Crippen MR) is 280 cm³/mol. The summed E-state index contributed by atoms with van der Waals surface area (Å²) in [4.78, 5) is 37.7. The van der Waals surface area contributed by atoms with Crippen LogP contribution in [0.15, 0.2) is 12.2 Å². The summed E-state index contributed by atoms with van der Waals surface area (Å²) >= 11 is 0. The molecule has 65 heavy (non-hydrogen) atoms. The minimum atomic E-state index is -0.760. The molecule has 384 valence electrons. The minimum Gasteiger partial charge on any atom is -0.462 e. The van der Waals surface area contributed by atoms with Crippen molar-refractivity contribution < 1.29 is 28.6 Å². The van der Waals surface area contributed by atoms with Gasteiger partial charge in [-0.2, -0.15) is 0 Å². The Balaban J connectivity index is 3.91. The van der Waals surface area contributed by atoms with Gasteiger partial charge in [-0.1, -0.05) is 277 Å². The highest BCUT2D eigenvalue weighted by Crippen LogP contribution is 2.17. The molecule has 0 saturated carbocycles. The van der Waals surface area contributed by atoms with Crippen LogP contribution < -0.4 is 0 Å². The van der Waals surface area contributed by atoms with Crippen LogP contribution in [-0.4, -0.2) is 37.2 Å². The van der Waals surface area contributed by atoms with E-state index in [1.807, 2.05) is 0 Å². The molecule has 0 aliphatic heterocycles. The molecule has 0 spiro atoms. The third kappa shape index (κ3) is 53.0. The maximum Gasteiger partial charge on any atom is 0.306 e. The van der Waals surface area contributed by atoms with Crippen LogP contribution in [0.2, 0.25) is 0 Å². The Morgan fingerprint density at radius 2 is 0.508 bits per heavy atom. The lowest BCUT2D eigenvalue weighted by Gasteiger charge is -2.18. The Morgan fingerprint density at radius 3 is 0.769 bits per heavy atom. The van der Waals surface area contributed by atoms with E-state index in [0.717, 1.165) is 64.2 Å². The summed E-state index contributed by atoms with van der Waals surface area (Å²) in [6.07, 6.45) is 62.7. The third-order valence-corrected chi connectivity index (χ3v) is 13.3. The Morgan fingerprint density at radius 1 is 0.292 bits per heavy atom. The van der Waals surface area contributed by atoms with E-state index in [1.165, 1.54) is 225 Å². The number of rotatable bonds is 54. The molecule has 0 heterocycles. The third-order valence-electron chi connectivity index (χ3n) is 13.3. The van der Waals surface area contributed by atoms with Crippen molar-refractivity contribution in [3.63, 3.8) is 0 Å². The van der Waals surface area contributed by atoms with E-state index >= 15 is 0 Å². The van der Waals surface area contributed by atoms with Crippen LogP contribution in [-0.2, 0) is 28.6 Å². The topological polar surface area (TPSA) is 78.9 Å². The van der Waals surface area contributed by atoms with Gasteiger partial charge in [-0.3, -0.25) is 14.4 Å². The highest BCUT2D eigenvalue weighted by atomic mass is 16.6. The van der Waals surface area contributed by atoms with Crippen molar-refractivity contribution in [3.05, 3.63) is 12.2 Å². The fraction of sp³-hybridized carbons (Fsp3) is 0.915. The smallest absolute Gasteiger partial charge is 0.306 e. The maximum absolute atomic E-state index is 12.7. The van der Waals surface area contributed by atoms with Crippen molar-refractivity contribution in [2.24, 2.45) is 0 Å². The monoisotopic (exact) mass is 917 g/mol. The van der Waals surface area contributed by atoms with E-state index in [4.69, 9.17) is 14.2 Å². The number of carbonyl (C=O) groups is 3. The lowest BCUT2D eigenvalue weighted by molar-refractivity contribution is -0.167. The van der Waals surface area contributed by atoms with Crippen molar-refractivity contribution >= 4 is 17.9 Å². The Bertz CT molecular complexity index is 1010. The molecule has 6 heteroatoms. The standard InChI is InChI=1S/C59H112O6/c1-4-7-10-13-15-17-19-21-22-23-24-25-26-27-28-29-30-31-32-33-34-35-36-38-39-41-43-46-49-52-58(61)64-55-56(54-63-57(60)51-48-45-12-9-6-3)65-59(62)53-50-47-44-42-40-37-20-18-16-14-11-8-5-2/h23-24,56H,4-22,25-55H2,1-3H3/b24-23-. The summed E-state index contributed by atoms with van der Waals surface area (Å²) in [7, 11) is 0. The van der Waals surface area contributed by atoms with Gasteiger partial charge >= 0.3 is 17.9 Å². The molecule has 0 radical (unpaired) electrons. The van der Waals surface area contributed by atoms with Gasteiger partial charge in [0.1, 0.15) is 13.2 Å². The van der Waals surface area contributed by atoms with Crippen molar-refractivity contribution in [2.45, 2.75) is 335 Å². The molecule has 6 nitrogen and oxygen atoms in total. The van der Waals surface area contributed by atoms with Gasteiger partial charge in [-0.15, -0.1) is 0 Å². The van der Waals surface area contributed by atoms with Crippen LogP contribution in [0.4, 0.5) is 0 Å². The van der Waals surface area contributed by atoms with E-state index < -0.39 is 6.10 Å². The first-order chi connectivity index (χ1) is 32.0. The molecule has 0 aromatic carbocycles. The van der Waals surface area contributed by atoms with Crippen LogP contribution in [0.25, 0.3) is 0 Å². The van der Waals surface area contributed by atoms with E-state index in [2.05, 4.69) is 32.9 Å². The lowest BCUT2D eigenvalue weighted by atomic mass is 10.0. The van der Waals surface area contributed by atoms with Gasteiger partial charge in [0.2, 0.25) is 0 Å². The predicted octanol–water partition coefficient (Wildman–Crippen LogP) is 19.3. The molecular weight excluding hydrogens is 805 g/mol. The van der Waals surface area contributed by atoms with Gasteiger partial charge < -0.3 is 14.2 Å². The van der Waals surface area contributed by atoms with Gasteiger partial charge in [0.25, 0.3) is 0 Å². The zero-order valence-electron chi connectivity index (χ0n) is 44.0. The molecule has 0 fully saturated rings. The number of hydrogen-bond donors (Lipinski definition) is 0. The average molecular weight is 918 g/mol. The Kier molecular flexibility index (Phi) is 53.2. The van der Waals surface area contributed by atoms with Gasteiger partial charge in [0.15, 0.2) is 6.10 Å². The molecule has 0 bridgehead atoms. The number of allylic oxidation sites excluding steroid dienone is 2. The summed E-state index contributed by atoms with van der Waals surface area (Å²) in [5.41, 5.74) is 0. The quantitative estimate of drug-likeness (QED) is 0.0262. The Labute approximate surface area is 405 Å². The second-order valence-corrected chi connectivity index (χ2v) is 19.9. The van der Waals surface area contributed by atoms with Crippen molar-refractivity contribution in [1.29, 1.82) is 0 Å². The zero-order valence-corrected chi connectivity index (χ0v) is 44.0. The summed E-state index contributed by atoms with van der Waals surface area (Å²) < 4.78 is 16.7. The number of ether oxygens (including phenoxy) is 3. The average Bonchev–Trinajstić information content (AvgIpc) is 3.30. The first-order valence-electron chi connectivity index (χ1n) is 29.2. The summed E-state index contributed by atoms with van der Waals surface area (Å²) in [6, 6.07) is 0. The first-order valence-corrected chi connectivity index (χ1v) is 29.2. The maximum atomic E-state index is 12.7. The number of hydrogen-bond acceptors (Lipinski definition) is 6. The highest BCUT2D eigenvalue weighted by Gasteiger charge is 2.19. The molecular formula is C59H112O6. The van der Waals surface area contributed by atoms with E-state index in [0.29, 0.717) is 19.3 Å². The summed E-state index contributed by atoms with van der Waals surface area (Å²) in [5.74, 6) is -0.860. The normalized spacial score (nSPS) is 12.0. The molecule has 0 amide bonds. The van der Waals surface area contributed by atoms with Gasteiger partial charge in [-0.25, -0.2) is 0 Å². The van der Waals surface area contributed by atoms with Crippen LogP contribution in [0.3, 0.4) is 0 Å². The SMILES string of the molecule is CCCCCCCCCC/C=C\CCCCCCCCCCCCCCCCCCCC(=O)OCC(COC(=O)CCCCCCC)OC(=O)CCCCCCCCCCCCCCC. The van der Waals surface area contributed by atoms with E-state index in [-0.39, 0.29) is 31.1 Å². The van der Waals surface area contributed by atoms with Crippen LogP contribution in [0, 0.1) is 0 Å². The van der Waals surface area contributed by atoms with Crippen molar-refractivity contribution in [2.75, 3.05) is 13.2 Å². The van der Waals surface area contributed by atoms with Gasteiger partial charge in [0, 0.05) is 19.3 Å². The number of esters is 3. The molecule has 1 atom stereocenters. The molecule has 0 rings (SSSR count). The fourth-order valence-electron chi connectivity index (χ4n) is 8.85.